The van der Waals surface area contributed by atoms with Gasteiger partial charge in [0.15, 0.2) is 0 Å². The number of fused-ring (bicyclic) bond motifs is 1. The van der Waals surface area contributed by atoms with E-state index in [9.17, 15) is 9.59 Å². The zero-order chi connectivity index (χ0) is 13.9. The van der Waals surface area contributed by atoms with E-state index in [1.165, 1.54) is 11.1 Å². The number of carbonyl (C=O) groups is 2. The number of hydrogen-bond donors (Lipinski definition) is 1. The molecule has 2 aliphatic rings. The molecule has 4 heteroatoms. The highest BCUT2D eigenvalue weighted by Crippen LogP contribution is 2.26. The monoisotopic (exact) mass is 272 g/mol. The van der Waals surface area contributed by atoms with Crippen LogP contribution in [0.4, 0.5) is 0 Å². The Labute approximate surface area is 119 Å². The third-order valence-electron chi connectivity index (χ3n) is 4.32. The average molecular weight is 272 g/mol. The van der Waals surface area contributed by atoms with Crippen LogP contribution in [0.25, 0.3) is 0 Å². The summed E-state index contributed by atoms with van der Waals surface area (Å²) in [6.45, 7) is 1.78. The van der Waals surface area contributed by atoms with Crippen LogP contribution in [0.1, 0.15) is 24.0 Å². The molecule has 1 aromatic rings. The summed E-state index contributed by atoms with van der Waals surface area (Å²) >= 11 is 0. The van der Waals surface area contributed by atoms with Crippen molar-refractivity contribution in [1.29, 1.82) is 0 Å². The summed E-state index contributed by atoms with van der Waals surface area (Å²) in [6.07, 6.45) is 3.17. The molecule has 1 N–H and O–H groups in total. The minimum Gasteiger partial charge on any atom is -0.354 e. The summed E-state index contributed by atoms with van der Waals surface area (Å²) in [5.74, 6) is 0.350. The fourth-order valence-corrected chi connectivity index (χ4v) is 3.15. The zero-order valence-electron chi connectivity index (χ0n) is 11.6. The Balaban J connectivity index is 1.68. The lowest BCUT2D eigenvalue weighted by Crippen LogP contribution is -2.40. The van der Waals surface area contributed by atoms with Crippen LogP contribution in [-0.2, 0) is 22.4 Å². The van der Waals surface area contributed by atoms with E-state index in [1.54, 1.807) is 0 Å². The molecule has 0 radical (unpaired) electrons. The zero-order valence-corrected chi connectivity index (χ0v) is 11.6. The van der Waals surface area contributed by atoms with Crippen LogP contribution in [0.3, 0.4) is 0 Å². The number of carbonyl (C=O) groups excluding carboxylic acids is 2. The Morgan fingerprint density at radius 2 is 1.95 bits per heavy atom. The number of rotatable bonds is 1. The van der Waals surface area contributed by atoms with E-state index in [1.807, 2.05) is 11.0 Å². The summed E-state index contributed by atoms with van der Waals surface area (Å²) in [5.41, 5.74) is 2.69. The van der Waals surface area contributed by atoms with Gasteiger partial charge in [-0.1, -0.05) is 24.3 Å². The molecule has 1 saturated heterocycles. The predicted octanol–water partition coefficient (Wildman–Crippen LogP) is 1.14. The molecule has 0 spiro atoms. The molecular weight excluding hydrogens is 252 g/mol. The lowest BCUT2D eigenvalue weighted by atomic mass is 9.83. The first-order chi connectivity index (χ1) is 9.74. The van der Waals surface area contributed by atoms with Crippen LogP contribution in [-0.4, -0.2) is 36.3 Å². The van der Waals surface area contributed by atoms with Crippen LogP contribution in [0, 0.1) is 5.92 Å². The van der Waals surface area contributed by atoms with Gasteiger partial charge in [0.2, 0.25) is 11.8 Å². The Morgan fingerprint density at radius 3 is 2.80 bits per heavy atom. The molecule has 1 heterocycles. The van der Waals surface area contributed by atoms with E-state index in [-0.39, 0.29) is 17.7 Å². The summed E-state index contributed by atoms with van der Waals surface area (Å²) in [6, 6.07) is 8.39. The number of nitrogens with one attached hydrogen (secondary N) is 1. The Kier molecular flexibility index (Phi) is 3.72. The van der Waals surface area contributed by atoms with Gasteiger partial charge >= 0.3 is 0 Å². The minimum absolute atomic E-state index is 0.0503. The van der Waals surface area contributed by atoms with Gasteiger partial charge in [-0.2, -0.15) is 0 Å². The van der Waals surface area contributed by atoms with Crippen LogP contribution in [0.15, 0.2) is 24.3 Å². The summed E-state index contributed by atoms with van der Waals surface area (Å²) < 4.78 is 0. The maximum absolute atomic E-state index is 12.6. The highest BCUT2D eigenvalue weighted by Gasteiger charge is 2.29. The molecule has 1 atom stereocenters. The maximum atomic E-state index is 12.6. The smallest absolute Gasteiger partial charge is 0.226 e. The van der Waals surface area contributed by atoms with Gasteiger partial charge in [0, 0.05) is 32.0 Å². The van der Waals surface area contributed by atoms with Gasteiger partial charge in [-0.3, -0.25) is 9.59 Å². The van der Waals surface area contributed by atoms with E-state index in [0.29, 0.717) is 26.1 Å². The highest BCUT2D eigenvalue weighted by molar-refractivity contribution is 5.82. The second kappa shape index (κ2) is 5.65. The second-order valence-electron chi connectivity index (χ2n) is 5.63. The van der Waals surface area contributed by atoms with Crippen LogP contribution in [0.2, 0.25) is 0 Å². The molecule has 0 aromatic heterocycles. The van der Waals surface area contributed by atoms with Crippen LogP contribution in [0.5, 0.6) is 0 Å². The van der Waals surface area contributed by atoms with E-state index in [4.69, 9.17) is 0 Å². The topological polar surface area (TPSA) is 49.4 Å². The van der Waals surface area contributed by atoms with Crippen molar-refractivity contribution in [3.8, 4) is 0 Å². The highest BCUT2D eigenvalue weighted by atomic mass is 16.2. The lowest BCUT2D eigenvalue weighted by Gasteiger charge is -2.29. The van der Waals surface area contributed by atoms with Gasteiger partial charge in [0.1, 0.15) is 0 Å². The average Bonchev–Trinajstić information content (AvgIpc) is 2.71. The second-order valence-corrected chi connectivity index (χ2v) is 5.63. The molecule has 1 aromatic carbocycles. The van der Waals surface area contributed by atoms with Crippen molar-refractivity contribution < 1.29 is 9.59 Å². The first kappa shape index (κ1) is 13.2. The number of benzene rings is 1. The van der Waals surface area contributed by atoms with Gasteiger partial charge in [-0.25, -0.2) is 0 Å². The molecule has 0 bridgehead atoms. The summed E-state index contributed by atoms with van der Waals surface area (Å²) in [7, 11) is 0. The van der Waals surface area contributed by atoms with Gasteiger partial charge in [-0.15, -0.1) is 0 Å². The molecule has 4 nitrogen and oxygen atoms in total. The van der Waals surface area contributed by atoms with Crippen LogP contribution < -0.4 is 5.32 Å². The number of aryl methyl sites for hydroxylation is 1. The summed E-state index contributed by atoms with van der Waals surface area (Å²) in [4.78, 5) is 25.8. The summed E-state index contributed by atoms with van der Waals surface area (Å²) in [5, 5.41) is 2.82. The standard InChI is InChI=1S/C16H20N2O2/c19-15-7-9-18(10-8-17-15)16(20)14-6-5-12-3-1-2-4-13(12)11-14/h1-4,14H,5-11H2,(H,17,19). The Bertz CT molecular complexity index is 527. The fourth-order valence-electron chi connectivity index (χ4n) is 3.15. The third kappa shape index (κ3) is 2.69. The SMILES string of the molecule is O=C1CCN(C(=O)C2CCc3ccccc3C2)CCN1. The number of nitrogens with zero attached hydrogens (tertiary/aromatic N) is 1. The minimum atomic E-state index is 0.0503. The van der Waals surface area contributed by atoms with E-state index in [2.05, 4.69) is 23.5 Å². The molecule has 1 aliphatic carbocycles. The van der Waals surface area contributed by atoms with Crippen molar-refractivity contribution in [2.75, 3.05) is 19.6 Å². The molecule has 0 saturated carbocycles. The van der Waals surface area contributed by atoms with Gasteiger partial charge in [0.25, 0.3) is 0 Å². The van der Waals surface area contributed by atoms with Crippen molar-refractivity contribution in [3.05, 3.63) is 35.4 Å². The van der Waals surface area contributed by atoms with Crippen LogP contribution >= 0.6 is 0 Å². The molecule has 2 amide bonds. The van der Waals surface area contributed by atoms with E-state index < -0.39 is 0 Å². The number of hydrogen-bond acceptors (Lipinski definition) is 2. The first-order valence-electron chi connectivity index (χ1n) is 7.36. The molecule has 1 unspecified atom stereocenters. The predicted molar refractivity (Wildman–Crippen MR) is 76.2 cm³/mol. The molecule has 1 fully saturated rings. The maximum Gasteiger partial charge on any atom is 0.226 e. The Morgan fingerprint density at radius 1 is 1.15 bits per heavy atom. The largest absolute Gasteiger partial charge is 0.354 e. The quantitative estimate of drug-likeness (QED) is 0.833. The molecule has 3 rings (SSSR count). The fraction of sp³-hybridized carbons (Fsp3) is 0.500. The molecule has 20 heavy (non-hydrogen) atoms. The number of amides is 2. The third-order valence-corrected chi connectivity index (χ3v) is 4.32. The van der Waals surface area contributed by atoms with Gasteiger partial charge < -0.3 is 10.2 Å². The normalized spacial score (nSPS) is 22.7. The van der Waals surface area contributed by atoms with Crippen molar-refractivity contribution in [3.63, 3.8) is 0 Å². The van der Waals surface area contributed by atoms with E-state index in [0.717, 1.165) is 19.3 Å². The first-order valence-corrected chi connectivity index (χ1v) is 7.36. The van der Waals surface area contributed by atoms with Gasteiger partial charge in [0.05, 0.1) is 0 Å². The van der Waals surface area contributed by atoms with Crippen molar-refractivity contribution >= 4 is 11.8 Å². The molecule has 106 valence electrons. The Hall–Kier alpha value is -1.84. The van der Waals surface area contributed by atoms with Crippen molar-refractivity contribution in [2.45, 2.75) is 25.7 Å². The molecule has 1 aliphatic heterocycles. The lowest BCUT2D eigenvalue weighted by molar-refractivity contribution is -0.135. The van der Waals surface area contributed by atoms with E-state index >= 15 is 0 Å². The van der Waals surface area contributed by atoms with Gasteiger partial charge in [-0.05, 0) is 30.4 Å². The molecular formula is C16H20N2O2. The van der Waals surface area contributed by atoms with Crippen molar-refractivity contribution in [2.24, 2.45) is 5.92 Å². The van der Waals surface area contributed by atoms with Crippen molar-refractivity contribution in [1.82, 2.24) is 10.2 Å².